The molecular formula is C20H25NO12. The van der Waals surface area contributed by atoms with E-state index < -0.39 is 72.4 Å². The summed E-state index contributed by atoms with van der Waals surface area (Å²) in [6.45, 7) is 2.59. The fourth-order valence-electron chi connectivity index (χ4n) is 3.24. The molecule has 0 aliphatic carbocycles. The number of ether oxygens (including phenoxy) is 6. The van der Waals surface area contributed by atoms with Crippen molar-refractivity contribution in [3.8, 4) is 5.75 Å². The van der Waals surface area contributed by atoms with Gasteiger partial charge >= 0.3 is 23.6 Å². The van der Waals surface area contributed by atoms with Crippen LogP contribution in [0.15, 0.2) is 18.2 Å². The van der Waals surface area contributed by atoms with Gasteiger partial charge in [0, 0.05) is 33.9 Å². The van der Waals surface area contributed by atoms with Crippen LogP contribution in [0.4, 0.5) is 5.69 Å². The molecule has 1 N–H and O–H groups in total. The summed E-state index contributed by atoms with van der Waals surface area (Å²) in [4.78, 5) is 45.6. The van der Waals surface area contributed by atoms with Gasteiger partial charge < -0.3 is 33.5 Å². The Morgan fingerprint density at radius 3 is 2.21 bits per heavy atom. The Balaban J connectivity index is 2.46. The van der Waals surface area contributed by atoms with Crippen molar-refractivity contribution in [3.63, 3.8) is 0 Å². The first-order valence-electron chi connectivity index (χ1n) is 9.78. The summed E-state index contributed by atoms with van der Waals surface area (Å²) >= 11 is 0. The number of rotatable bonds is 9. The Labute approximate surface area is 188 Å². The van der Waals surface area contributed by atoms with Crippen molar-refractivity contribution < 1.29 is 52.8 Å². The van der Waals surface area contributed by atoms with Crippen molar-refractivity contribution in [2.75, 3.05) is 13.7 Å². The highest BCUT2D eigenvalue weighted by Gasteiger charge is 2.52. The quantitative estimate of drug-likeness (QED) is 0.231. The number of aliphatic hydroxyl groups excluding tert-OH is 1. The van der Waals surface area contributed by atoms with Gasteiger partial charge in [0.05, 0.1) is 11.5 Å². The van der Waals surface area contributed by atoms with E-state index in [1.54, 1.807) is 0 Å². The molecule has 0 radical (unpaired) electrons. The van der Waals surface area contributed by atoms with E-state index in [4.69, 9.17) is 28.4 Å². The molecule has 1 aromatic carbocycles. The molecule has 1 saturated heterocycles. The second-order valence-electron chi connectivity index (χ2n) is 7.03. The molecule has 5 unspecified atom stereocenters. The van der Waals surface area contributed by atoms with Crippen LogP contribution in [0, 0.1) is 10.1 Å². The predicted molar refractivity (Wildman–Crippen MR) is 107 cm³/mol. The zero-order chi connectivity index (χ0) is 24.7. The molecule has 33 heavy (non-hydrogen) atoms. The molecule has 182 valence electrons. The molecule has 0 aromatic heterocycles. The van der Waals surface area contributed by atoms with Gasteiger partial charge in [-0.2, -0.15) is 0 Å². The lowest BCUT2D eigenvalue weighted by molar-refractivity contribution is -0.387. The maximum absolute atomic E-state index is 11.8. The highest BCUT2D eigenvalue weighted by molar-refractivity contribution is 5.68. The number of nitro groups is 1. The topological polar surface area (TPSA) is 170 Å². The maximum atomic E-state index is 11.8. The summed E-state index contributed by atoms with van der Waals surface area (Å²) in [7, 11) is 1.25. The van der Waals surface area contributed by atoms with Gasteiger partial charge in [0.2, 0.25) is 6.29 Å². The normalized spacial score (nSPS) is 24.5. The van der Waals surface area contributed by atoms with Crippen LogP contribution in [0.25, 0.3) is 0 Å². The Hall–Kier alpha value is -3.29. The minimum atomic E-state index is -1.40. The molecule has 5 atom stereocenters. The number of hydrogen-bond donors (Lipinski definition) is 1. The lowest BCUT2D eigenvalue weighted by atomic mass is 9.98. The van der Waals surface area contributed by atoms with Crippen molar-refractivity contribution in [2.24, 2.45) is 0 Å². The van der Waals surface area contributed by atoms with E-state index in [0.717, 1.165) is 26.8 Å². The molecule has 0 amide bonds. The van der Waals surface area contributed by atoms with Crippen molar-refractivity contribution in [2.45, 2.75) is 58.1 Å². The van der Waals surface area contributed by atoms with Crippen molar-refractivity contribution >= 4 is 23.6 Å². The third kappa shape index (κ3) is 6.84. The minimum Gasteiger partial charge on any atom is -0.463 e. The van der Waals surface area contributed by atoms with Crippen LogP contribution in [0.2, 0.25) is 0 Å². The Morgan fingerprint density at radius 1 is 1.06 bits per heavy atom. The molecular weight excluding hydrogens is 446 g/mol. The zero-order valence-corrected chi connectivity index (χ0v) is 18.4. The number of aliphatic hydroxyl groups is 1. The average Bonchev–Trinajstić information content (AvgIpc) is 2.73. The van der Waals surface area contributed by atoms with E-state index in [2.05, 4.69) is 0 Å². The number of carbonyl (C=O) groups excluding carboxylic acids is 3. The van der Waals surface area contributed by atoms with Crippen LogP contribution in [-0.2, 0) is 44.7 Å². The van der Waals surface area contributed by atoms with Crippen LogP contribution in [0.5, 0.6) is 5.75 Å². The largest absolute Gasteiger partial charge is 0.463 e. The number of methoxy groups -OCH3 is 1. The third-order valence-electron chi connectivity index (χ3n) is 4.56. The third-order valence-corrected chi connectivity index (χ3v) is 4.56. The highest BCUT2D eigenvalue weighted by Crippen LogP contribution is 2.34. The van der Waals surface area contributed by atoms with Crippen molar-refractivity contribution in [1.29, 1.82) is 0 Å². The average molecular weight is 471 g/mol. The lowest BCUT2D eigenvalue weighted by Crippen LogP contribution is -2.63. The van der Waals surface area contributed by atoms with Gasteiger partial charge in [0.25, 0.3) is 0 Å². The molecule has 0 saturated carbocycles. The first-order chi connectivity index (χ1) is 15.6. The van der Waals surface area contributed by atoms with E-state index in [0.29, 0.717) is 0 Å². The SMILES string of the molecule is COC1C(Oc2ccc(CO)cc2[N+](=O)[O-])OC(COC(C)=O)C(OC(C)=O)C1OC(C)=O. The standard InChI is InChI=1S/C20H25NO12/c1-10(23)29-9-16-17(30-11(2)24)18(31-12(3)25)19(28-4)20(33-16)32-15-6-5-13(8-22)7-14(15)21(26)27/h5-7,16-20,22H,8-9H2,1-4H3. The van der Waals surface area contributed by atoms with Crippen molar-refractivity contribution in [1.82, 2.24) is 0 Å². The zero-order valence-electron chi connectivity index (χ0n) is 18.4. The maximum Gasteiger partial charge on any atom is 0.311 e. The molecule has 1 heterocycles. The number of nitrogens with zero attached hydrogens (tertiary/aromatic N) is 1. The van der Waals surface area contributed by atoms with Gasteiger partial charge in [-0.3, -0.25) is 24.5 Å². The van der Waals surface area contributed by atoms with Crippen LogP contribution in [0.3, 0.4) is 0 Å². The number of benzene rings is 1. The van der Waals surface area contributed by atoms with Gasteiger partial charge in [0.15, 0.2) is 24.1 Å². The van der Waals surface area contributed by atoms with E-state index in [1.165, 1.54) is 19.2 Å². The first kappa shape index (κ1) is 26.0. The Kier molecular flexibility index (Phi) is 9.08. The Bertz CT molecular complexity index is 888. The van der Waals surface area contributed by atoms with Crippen LogP contribution in [0.1, 0.15) is 26.3 Å². The van der Waals surface area contributed by atoms with Crippen LogP contribution < -0.4 is 4.74 Å². The van der Waals surface area contributed by atoms with Gasteiger partial charge in [-0.05, 0) is 11.6 Å². The van der Waals surface area contributed by atoms with Crippen LogP contribution >= 0.6 is 0 Å². The fraction of sp³-hybridized carbons (Fsp3) is 0.550. The van der Waals surface area contributed by atoms with Crippen LogP contribution in [-0.4, -0.2) is 72.4 Å². The summed E-state index contributed by atoms with van der Waals surface area (Å²) < 4.78 is 32.5. The predicted octanol–water partition coefficient (Wildman–Crippen LogP) is 0.632. The monoisotopic (exact) mass is 471 g/mol. The van der Waals surface area contributed by atoms with Crippen molar-refractivity contribution in [3.05, 3.63) is 33.9 Å². The molecule has 13 nitrogen and oxygen atoms in total. The number of hydrogen-bond acceptors (Lipinski definition) is 12. The second-order valence-corrected chi connectivity index (χ2v) is 7.03. The molecule has 0 bridgehead atoms. The first-order valence-corrected chi connectivity index (χ1v) is 9.78. The summed E-state index contributed by atoms with van der Waals surface area (Å²) in [6, 6.07) is 3.80. The van der Waals surface area contributed by atoms with Gasteiger partial charge in [-0.1, -0.05) is 6.07 Å². The van der Waals surface area contributed by atoms with E-state index in [1.807, 2.05) is 0 Å². The van der Waals surface area contributed by atoms with Gasteiger partial charge in [-0.25, -0.2) is 0 Å². The molecule has 1 aliphatic heterocycles. The second kappa shape index (κ2) is 11.5. The summed E-state index contributed by atoms with van der Waals surface area (Å²) in [5.74, 6) is -2.32. The number of nitro benzene ring substituents is 1. The Morgan fingerprint density at radius 2 is 1.70 bits per heavy atom. The molecule has 13 heteroatoms. The molecule has 2 rings (SSSR count). The highest BCUT2D eigenvalue weighted by atomic mass is 16.7. The minimum absolute atomic E-state index is 0.219. The van der Waals surface area contributed by atoms with Gasteiger partial charge in [0.1, 0.15) is 12.7 Å². The number of esters is 3. The summed E-state index contributed by atoms with van der Waals surface area (Å²) in [5.41, 5.74) is -0.176. The molecule has 1 fully saturated rings. The number of carbonyl (C=O) groups is 3. The van der Waals surface area contributed by atoms with Gasteiger partial charge in [-0.15, -0.1) is 0 Å². The summed E-state index contributed by atoms with van der Waals surface area (Å²) in [6.07, 6.45) is -6.24. The lowest BCUT2D eigenvalue weighted by Gasteiger charge is -2.43. The van der Waals surface area contributed by atoms with E-state index in [9.17, 15) is 29.6 Å². The molecule has 1 aliphatic rings. The summed E-state index contributed by atoms with van der Waals surface area (Å²) in [5, 5.41) is 20.8. The smallest absolute Gasteiger partial charge is 0.311 e. The fourth-order valence-corrected chi connectivity index (χ4v) is 3.24. The van der Waals surface area contributed by atoms with E-state index >= 15 is 0 Å². The van der Waals surface area contributed by atoms with E-state index in [-0.39, 0.29) is 11.3 Å². The molecule has 0 spiro atoms. The molecule has 1 aromatic rings.